The van der Waals surface area contributed by atoms with E-state index in [9.17, 15) is 9.59 Å². The summed E-state index contributed by atoms with van der Waals surface area (Å²) in [5, 5.41) is 0. The van der Waals surface area contributed by atoms with Crippen molar-refractivity contribution >= 4 is 11.9 Å². The summed E-state index contributed by atoms with van der Waals surface area (Å²) in [7, 11) is 0. The second-order valence-corrected chi connectivity index (χ2v) is 8.47. The molecular weight excluding hydrogens is 388 g/mol. The van der Waals surface area contributed by atoms with Gasteiger partial charge in [0.15, 0.2) is 11.5 Å². The molecule has 3 aromatic rings. The van der Waals surface area contributed by atoms with Crippen LogP contribution in [0.15, 0.2) is 72.8 Å². The highest BCUT2D eigenvalue weighted by molar-refractivity contribution is 5.93. The Bertz CT molecular complexity index is 1050. The Kier molecular flexibility index (Phi) is 6.91. The quantitative estimate of drug-likeness (QED) is 0.346. The van der Waals surface area contributed by atoms with Gasteiger partial charge in [0.1, 0.15) is 0 Å². The second-order valence-electron chi connectivity index (χ2n) is 8.47. The largest absolute Gasteiger partial charge is 0.419 e. The van der Waals surface area contributed by atoms with Crippen molar-refractivity contribution < 1.29 is 19.1 Å². The Morgan fingerprint density at radius 2 is 1.29 bits per heavy atom. The molecular formula is C27H28O4. The van der Waals surface area contributed by atoms with Gasteiger partial charge in [-0.3, -0.25) is 0 Å². The lowest BCUT2D eigenvalue weighted by Gasteiger charge is -2.23. The van der Waals surface area contributed by atoms with E-state index in [2.05, 4.69) is 27.7 Å². The molecule has 0 fully saturated rings. The number of benzene rings is 3. The van der Waals surface area contributed by atoms with Crippen LogP contribution in [-0.4, -0.2) is 11.9 Å². The highest BCUT2D eigenvalue weighted by atomic mass is 16.6. The lowest BCUT2D eigenvalue weighted by molar-refractivity contribution is 0.0680. The van der Waals surface area contributed by atoms with Crippen LogP contribution in [0.4, 0.5) is 0 Å². The smallest absolute Gasteiger partial charge is 0.343 e. The van der Waals surface area contributed by atoms with Crippen LogP contribution in [0.25, 0.3) is 0 Å². The van der Waals surface area contributed by atoms with E-state index in [4.69, 9.17) is 9.47 Å². The topological polar surface area (TPSA) is 52.6 Å². The highest BCUT2D eigenvalue weighted by Crippen LogP contribution is 2.38. The van der Waals surface area contributed by atoms with E-state index in [1.54, 1.807) is 54.6 Å². The standard InChI is InChI=1S/C27H28O4/c1-5-12-21-17-22(27(2,3)4)18-23(30-25(28)19-13-8-6-9-14-19)24(21)31-26(29)20-15-10-7-11-16-20/h6-11,13-18H,5,12H2,1-4H3. The van der Waals surface area contributed by atoms with E-state index in [1.165, 1.54) is 0 Å². The fourth-order valence-electron chi connectivity index (χ4n) is 3.20. The zero-order valence-corrected chi connectivity index (χ0v) is 18.5. The van der Waals surface area contributed by atoms with Gasteiger partial charge >= 0.3 is 11.9 Å². The van der Waals surface area contributed by atoms with Gasteiger partial charge in [-0.25, -0.2) is 9.59 Å². The fourth-order valence-corrected chi connectivity index (χ4v) is 3.20. The Morgan fingerprint density at radius 1 is 0.774 bits per heavy atom. The molecule has 31 heavy (non-hydrogen) atoms. The van der Waals surface area contributed by atoms with Crippen LogP contribution in [-0.2, 0) is 11.8 Å². The van der Waals surface area contributed by atoms with Crippen LogP contribution < -0.4 is 9.47 Å². The van der Waals surface area contributed by atoms with Gasteiger partial charge in [0.2, 0.25) is 0 Å². The van der Waals surface area contributed by atoms with Crippen molar-refractivity contribution in [3.05, 3.63) is 95.1 Å². The maximum atomic E-state index is 12.8. The molecule has 3 aromatic carbocycles. The molecule has 0 amide bonds. The lowest BCUT2D eigenvalue weighted by Crippen LogP contribution is -2.17. The minimum absolute atomic E-state index is 0.168. The third-order valence-electron chi connectivity index (χ3n) is 4.93. The van der Waals surface area contributed by atoms with Gasteiger partial charge in [0.25, 0.3) is 0 Å². The normalized spacial score (nSPS) is 11.1. The van der Waals surface area contributed by atoms with Crippen molar-refractivity contribution in [1.29, 1.82) is 0 Å². The average molecular weight is 417 g/mol. The summed E-state index contributed by atoms with van der Waals surface area (Å²) >= 11 is 0. The van der Waals surface area contributed by atoms with Gasteiger partial charge in [-0.2, -0.15) is 0 Å². The Morgan fingerprint density at radius 3 is 1.77 bits per heavy atom. The molecule has 0 saturated carbocycles. The summed E-state index contributed by atoms with van der Waals surface area (Å²) in [4.78, 5) is 25.6. The molecule has 0 unspecified atom stereocenters. The lowest BCUT2D eigenvalue weighted by atomic mass is 9.85. The summed E-state index contributed by atoms with van der Waals surface area (Å²) in [5.74, 6) is -0.424. The minimum Gasteiger partial charge on any atom is -0.419 e. The van der Waals surface area contributed by atoms with Crippen molar-refractivity contribution in [3.63, 3.8) is 0 Å². The van der Waals surface area contributed by atoms with Crippen LogP contribution in [0, 0.1) is 0 Å². The van der Waals surface area contributed by atoms with E-state index in [0.717, 1.165) is 17.5 Å². The number of ether oxygens (including phenoxy) is 2. The first-order valence-electron chi connectivity index (χ1n) is 10.5. The van der Waals surface area contributed by atoms with Gasteiger partial charge < -0.3 is 9.47 Å². The SMILES string of the molecule is CCCc1cc(C(C)(C)C)cc(OC(=O)c2ccccc2)c1OC(=O)c1ccccc1. The monoisotopic (exact) mass is 416 g/mol. The van der Waals surface area contributed by atoms with E-state index in [1.807, 2.05) is 18.2 Å². The molecule has 0 aromatic heterocycles. The number of hydrogen-bond donors (Lipinski definition) is 0. The van der Waals surface area contributed by atoms with Gasteiger partial charge in [0, 0.05) is 0 Å². The van der Waals surface area contributed by atoms with Gasteiger partial charge in [-0.1, -0.05) is 76.6 Å². The summed E-state index contributed by atoms with van der Waals surface area (Å²) in [6.07, 6.45) is 1.55. The minimum atomic E-state index is -0.494. The first kappa shape index (κ1) is 22.3. The predicted molar refractivity (Wildman–Crippen MR) is 122 cm³/mol. The van der Waals surface area contributed by atoms with E-state index >= 15 is 0 Å². The Balaban J connectivity index is 2.06. The number of rotatable bonds is 6. The van der Waals surface area contributed by atoms with E-state index in [-0.39, 0.29) is 11.2 Å². The predicted octanol–water partition coefficient (Wildman–Crippen LogP) is 6.38. The van der Waals surface area contributed by atoms with Crippen LogP contribution >= 0.6 is 0 Å². The third-order valence-corrected chi connectivity index (χ3v) is 4.93. The zero-order chi connectivity index (χ0) is 22.4. The number of esters is 2. The van der Waals surface area contributed by atoms with Gasteiger partial charge in [-0.05, 0) is 53.3 Å². The third kappa shape index (κ3) is 5.60. The van der Waals surface area contributed by atoms with E-state index < -0.39 is 11.9 Å². The second kappa shape index (κ2) is 9.61. The molecule has 4 nitrogen and oxygen atoms in total. The highest BCUT2D eigenvalue weighted by Gasteiger charge is 2.24. The maximum Gasteiger partial charge on any atom is 0.343 e. The van der Waals surface area contributed by atoms with Gasteiger partial charge in [0.05, 0.1) is 11.1 Å². The fraction of sp³-hybridized carbons (Fsp3) is 0.259. The van der Waals surface area contributed by atoms with Crippen molar-refractivity contribution in [1.82, 2.24) is 0 Å². The molecule has 0 aliphatic heterocycles. The molecule has 0 heterocycles. The van der Waals surface area contributed by atoms with Crippen molar-refractivity contribution in [2.75, 3.05) is 0 Å². The average Bonchev–Trinajstić information content (AvgIpc) is 2.76. The molecule has 0 spiro atoms. The van der Waals surface area contributed by atoms with Crippen LogP contribution in [0.3, 0.4) is 0 Å². The zero-order valence-electron chi connectivity index (χ0n) is 18.5. The van der Waals surface area contributed by atoms with E-state index in [0.29, 0.717) is 23.3 Å². The number of hydrogen-bond acceptors (Lipinski definition) is 4. The molecule has 0 aliphatic rings. The molecule has 3 rings (SSSR count). The molecule has 160 valence electrons. The number of aryl methyl sites for hydroxylation is 1. The number of carbonyl (C=O) groups is 2. The summed E-state index contributed by atoms with van der Waals surface area (Å²) in [5.41, 5.74) is 2.55. The molecule has 0 bridgehead atoms. The van der Waals surface area contributed by atoms with Crippen LogP contribution in [0.5, 0.6) is 11.5 Å². The number of carbonyl (C=O) groups excluding carboxylic acids is 2. The van der Waals surface area contributed by atoms with Crippen molar-refractivity contribution in [2.45, 2.75) is 46.0 Å². The summed E-state index contributed by atoms with van der Waals surface area (Å²) < 4.78 is 11.6. The first-order valence-corrected chi connectivity index (χ1v) is 10.5. The van der Waals surface area contributed by atoms with Crippen LogP contribution in [0.2, 0.25) is 0 Å². The van der Waals surface area contributed by atoms with Gasteiger partial charge in [-0.15, -0.1) is 0 Å². The molecule has 0 aliphatic carbocycles. The summed E-state index contributed by atoms with van der Waals surface area (Å²) in [6, 6.07) is 21.4. The van der Waals surface area contributed by atoms with Crippen LogP contribution in [0.1, 0.15) is 66.0 Å². The van der Waals surface area contributed by atoms with Crippen molar-refractivity contribution in [3.8, 4) is 11.5 Å². The van der Waals surface area contributed by atoms with Crippen molar-refractivity contribution in [2.24, 2.45) is 0 Å². The molecule has 4 heteroatoms. The summed E-state index contributed by atoms with van der Waals surface area (Å²) in [6.45, 7) is 8.34. The first-order chi connectivity index (χ1) is 14.8. The molecule has 0 saturated heterocycles. The molecule has 0 N–H and O–H groups in total. The Labute approximate surface area is 183 Å². The molecule has 0 radical (unpaired) electrons. The molecule has 0 atom stereocenters. The maximum absolute atomic E-state index is 12.8. The Hall–Kier alpha value is -3.40.